The number of ether oxygens (including phenoxy) is 1. The van der Waals surface area contributed by atoms with Crippen molar-refractivity contribution < 1.29 is 19.4 Å². The summed E-state index contributed by atoms with van der Waals surface area (Å²) in [5.41, 5.74) is 2.35. The van der Waals surface area contributed by atoms with Crippen molar-refractivity contribution in [2.24, 2.45) is 18.9 Å². The van der Waals surface area contributed by atoms with Crippen LogP contribution in [-0.2, 0) is 23.3 Å². The van der Waals surface area contributed by atoms with Crippen molar-refractivity contribution in [3.05, 3.63) is 30.7 Å². The van der Waals surface area contributed by atoms with Gasteiger partial charge in [0.1, 0.15) is 12.4 Å². The fraction of sp³-hybridized carbons (Fsp3) is 0.556. The highest BCUT2D eigenvalue weighted by atomic mass is 28.3. The van der Waals surface area contributed by atoms with Gasteiger partial charge in [0.15, 0.2) is 5.82 Å². The molecule has 1 fully saturated rings. The van der Waals surface area contributed by atoms with Gasteiger partial charge in [-0.15, -0.1) is 0 Å². The summed E-state index contributed by atoms with van der Waals surface area (Å²) in [7, 11) is 0.740. The number of imidazole rings is 1. The molecule has 3 heterocycles. The first kappa shape index (κ1) is 27.8. The van der Waals surface area contributed by atoms with Gasteiger partial charge in [0.2, 0.25) is 5.91 Å². The molecule has 11 heteroatoms. The van der Waals surface area contributed by atoms with Crippen LogP contribution in [0.3, 0.4) is 0 Å². The zero-order valence-corrected chi connectivity index (χ0v) is 24.0. The minimum atomic E-state index is -1.21. The number of anilines is 1. The van der Waals surface area contributed by atoms with E-state index in [0.29, 0.717) is 13.3 Å². The Kier molecular flexibility index (Phi) is 8.56. The van der Waals surface area contributed by atoms with Gasteiger partial charge < -0.3 is 25.0 Å². The summed E-state index contributed by atoms with van der Waals surface area (Å²) < 4.78 is 10.1. The highest BCUT2D eigenvalue weighted by molar-refractivity contribution is 6.76. The Morgan fingerprint density at radius 1 is 1.18 bits per heavy atom. The second-order valence-electron chi connectivity index (χ2n) is 11.6. The molecular weight excluding hydrogens is 500 g/mol. The predicted molar refractivity (Wildman–Crippen MR) is 151 cm³/mol. The molecule has 10 nitrogen and oxygen atoms in total. The molecule has 0 bridgehead atoms. The van der Waals surface area contributed by atoms with Crippen LogP contribution >= 0.6 is 0 Å². The van der Waals surface area contributed by atoms with Gasteiger partial charge in [-0.2, -0.15) is 0 Å². The first-order valence-corrected chi connectivity index (χ1v) is 17.1. The van der Waals surface area contributed by atoms with Gasteiger partial charge in [0.05, 0.1) is 11.4 Å². The molecule has 0 aliphatic heterocycles. The van der Waals surface area contributed by atoms with E-state index in [1.807, 2.05) is 41.4 Å². The average molecular weight is 541 g/mol. The van der Waals surface area contributed by atoms with Crippen LogP contribution in [-0.4, -0.2) is 56.9 Å². The SMILES string of the molecule is CC(NC(=O)O)[C@H]1CC[C@H](C(=O)Nc2ccnc3c2cc(-c2nccn2C)n3COCC[Si](C)(C)C)CC1. The highest BCUT2D eigenvalue weighted by Crippen LogP contribution is 2.34. The molecule has 38 heavy (non-hydrogen) atoms. The first-order chi connectivity index (χ1) is 18.0. The van der Waals surface area contributed by atoms with Crippen molar-refractivity contribution >= 4 is 36.8 Å². The highest BCUT2D eigenvalue weighted by Gasteiger charge is 2.30. The second kappa shape index (κ2) is 11.7. The number of fused-ring (bicyclic) bond motifs is 1. The van der Waals surface area contributed by atoms with E-state index in [9.17, 15) is 9.59 Å². The van der Waals surface area contributed by atoms with Gasteiger partial charge in [0.25, 0.3) is 0 Å². The lowest BCUT2D eigenvalue weighted by atomic mass is 9.78. The summed E-state index contributed by atoms with van der Waals surface area (Å²) in [4.78, 5) is 33.4. The third-order valence-electron chi connectivity index (χ3n) is 7.52. The van der Waals surface area contributed by atoms with Crippen LogP contribution in [0.25, 0.3) is 22.6 Å². The molecule has 1 aliphatic rings. The normalized spacial score (nSPS) is 18.9. The van der Waals surface area contributed by atoms with E-state index in [0.717, 1.165) is 60.0 Å². The lowest BCUT2D eigenvalue weighted by Crippen LogP contribution is -2.39. The van der Waals surface area contributed by atoms with Gasteiger partial charge in [0, 0.05) is 57.7 Å². The summed E-state index contributed by atoms with van der Waals surface area (Å²) in [6.07, 6.45) is 7.50. The summed E-state index contributed by atoms with van der Waals surface area (Å²) in [5.74, 6) is 0.939. The van der Waals surface area contributed by atoms with E-state index in [4.69, 9.17) is 9.84 Å². The summed E-state index contributed by atoms with van der Waals surface area (Å²) in [5, 5.41) is 15.6. The molecule has 206 valence electrons. The number of aromatic nitrogens is 4. The molecule has 1 unspecified atom stereocenters. The van der Waals surface area contributed by atoms with E-state index in [2.05, 4.69) is 40.2 Å². The summed E-state index contributed by atoms with van der Waals surface area (Å²) in [6, 6.07) is 4.82. The van der Waals surface area contributed by atoms with E-state index in [1.165, 1.54) is 0 Å². The van der Waals surface area contributed by atoms with E-state index >= 15 is 0 Å². The van der Waals surface area contributed by atoms with Crippen LogP contribution < -0.4 is 10.6 Å². The maximum atomic E-state index is 13.3. The van der Waals surface area contributed by atoms with E-state index in [1.54, 1.807) is 12.4 Å². The van der Waals surface area contributed by atoms with Crippen molar-refractivity contribution in [3.63, 3.8) is 0 Å². The molecule has 1 atom stereocenters. The van der Waals surface area contributed by atoms with Gasteiger partial charge >= 0.3 is 6.09 Å². The molecule has 1 saturated carbocycles. The Morgan fingerprint density at radius 3 is 2.55 bits per heavy atom. The number of nitrogens with one attached hydrogen (secondary N) is 2. The number of nitrogens with zero attached hydrogens (tertiary/aromatic N) is 4. The molecule has 0 spiro atoms. The molecule has 3 aromatic heterocycles. The van der Waals surface area contributed by atoms with Gasteiger partial charge in [-0.3, -0.25) is 9.36 Å². The number of pyridine rings is 1. The van der Waals surface area contributed by atoms with Crippen molar-refractivity contribution in [1.82, 2.24) is 24.4 Å². The maximum absolute atomic E-state index is 13.3. The quantitative estimate of drug-likeness (QED) is 0.241. The zero-order valence-electron chi connectivity index (χ0n) is 23.0. The van der Waals surface area contributed by atoms with Crippen molar-refractivity contribution in [3.8, 4) is 11.5 Å². The predicted octanol–water partition coefficient (Wildman–Crippen LogP) is 5.15. The Bertz CT molecular complexity index is 1270. The third kappa shape index (κ3) is 6.62. The Balaban J connectivity index is 1.52. The van der Waals surface area contributed by atoms with Crippen LogP contribution in [0.5, 0.6) is 0 Å². The molecule has 0 saturated heterocycles. The second-order valence-corrected chi connectivity index (χ2v) is 17.2. The van der Waals surface area contributed by atoms with Crippen molar-refractivity contribution in [2.75, 3.05) is 11.9 Å². The number of rotatable bonds is 10. The fourth-order valence-electron chi connectivity index (χ4n) is 5.15. The van der Waals surface area contributed by atoms with Crippen molar-refractivity contribution in [2.45, 2.75) is 71.1 Å². The molecule has 0 aromatic carbocycles. The maximum Gasteiger partial charge on any atom is 0.404 e. The van der Waals surface area contributed by atoms with E-state index < -0.39 is 14.2 Å². The smallest absolute Gasteiger partial charge is 0.404 e. The largest absolute Gasteiger partial charge is 0.465 e. The summed E-state index contributed by atoms with van der Waals surface area (Å²) in [6.45, 7) is 9.93. The number of hydrogen-bond donors (Lipinski definition) is 3. The molecule has 1 aliphatic carbocycles. The lowest BCUT2D eigenvalue weighted by molar-refractivity contribution is -0.121. The number of carbonyl (C=O) groups excluding carboxylic acids is 1. The average Bonchev–Trinajstić information content (AvgIpc) is 3.44. The van der Waals surface area contributed by atoms with Gasteiger partial charge in [-0.25, -0.2) is 14.8 Å². The fourth-order valence-corrected chi connectivity index (χ4v) is 5.91. The number of carbonyl (C=O) groups is 2. The Labute approximate surface area is 224 Å². The number of amides is 2. The van der Waals surface area contributed by atoms with Crippen LogP contribution in [0.1, 0.15) is 32.6 Å². The molecule has 3 aromatic rings. The lowest BCUT2D eigenvalue weighted by Gasteiger charge is -2.31. The Hall–Kier alpha value is -3.18. The van der Waals surface area contributed by atoms with Crippen molar-refractivity contribution in [1.29, 1.82) is 0 Å². The molecule has 0 radical (unpaired) electrons. The molecule has 2 amide bonds. The molecular formula is C27H40N6O4Si. The first-order valence-electron chi connectivity index (χ1n) is 13.4. The minimum Gasteiger partial charge on any atom is -0.465 e. The molecule has 3 N–H and O–H groups in total. The van der Waals surface area contributed by atoms with Gasteiger partial charge in [-0.1, -0.05) is 19.6 Å². The Morgan fingerprint density at radius 2 is 1.92 bits per heavy atom. The number of carboxylic acid groups (broad SMARTS) is 1. The van der Waals surface area contributed by atoms with Crippen LogP contribution in [0.2, 0.25) is 25.7 Å². The third-order valence-corrected chi connectivity index (χ3v) is 9.23. The van der Waals surface area contributed by atoms with Gasteiger partial charge in [-0.05, 0) is 56.7 Å². The standard InChI is InChI=1S/C27H40N6O4Si/c1-18(30-27(35)36)19-6-8-20(9-7-19)26(34)31-22-10-11-28-24-21(22)16-23(25-29-12-13-32(25)2)33(24)17-37-14-15-38(3,4)5/h10-13,16,18-20,30H,6-9,14-15,17H2,1-5H3,(H,35,36)(H,28,31,34)/t18?,19-,20-. The minimum absolute atomic E-state index is 0.00697. The molecule has 4 rings (SSSR count). The topological polar surface area (TPSA) is 123 Å². The monoisotopic (exact) mass is 540 g/mol. The number of hydrogen-bond acceptors (Lipinski definition) is 5. The van der Waals surface area contributed by atoms with E-state index in [-0.39, 0.29) is 23.8 Å². The van der Waals surface area contributed by atoms with Crippen LogP contribution in [0.15, 0.2) is 30.7 Å². The van der Waals surface area contributed by atoms with Crippen LogP contribution in [0.4, 0.5) is 10.5 Å². The zero-order chi connectivity index (χ0) is 27.4. The summed E-state index contributed by atoms with van der Waals surface area (Å²) >= 11 is 0. The van der Waals surface area contributed by atoms with Crippen LogP contribution in [0, 0.1) is 11.8 Å². The number of aryl methyl sites for hydroxylation is 1.